The predicted octanol–water partition coefficient (Wildman–Crippen LogP) is 6.62. The minimum atomic E-state index is -4.52. The van der Waals surface area contributed by atoms with E-state index in [0.717, 1.165) is 23.3 Å². The number of amides is 1. The predicted molar refractivity (Wildman–Crippen MR) is 127 cm³/mol. The van der Waals surface area contributed by atoms with Gasteiger partial charge in [-0.3, -0.25) is 4.79 Å². The minimum absolute atomic E-state index is 0.0192. The number of hydrogen-bond donors (Lipinski definition) is 2. The molecule has 0 atom stereocenters. The van der Waals surface area contributed by atoms with E-state index < -0.39 is 17.6 Å². The summed E-state index contributed by atoms with van der Waals surface area (Å²) in [7, 11) is 0. The quantitative estimate of drug-likeness (QED) is 0.304. The molecule has 4 rings (SSSR count). The second-order valence-corrected chi connectivity index (χ2v) is 8.15. The summed E-state index contributed by atoms with van der Waals surface area (Å²) in [6, 6.07) is 13.4. The highest BCUT2D eigenvalue weighted by Crippen LogP contribution is 2.34. The van der Waals surface area contributed by atoms with Crippen LogP contribution in [-0.2, 0) is 6.18 Å². The van der Waals surface area contributed by atoms with Gasteiger partial charge in [0.25, 0.3) is 5.91 Å². The fraction of sp³-hybridized carbons (Fsp3) is 0.0833. The van der Waals surface area contributed by atoms with Crippen LogP contribution in [0.4, 0.5) is 30.4 Å². The van der Waals surface area contributed by atoms with Gasteiger partial charge in [0.15, 0.2) is 0 Å². The minimum Gasteiger partial charge on any atom is -0.339 e. The van der Waals surface area contributed by atoms with Crippen molar-refractivity contribution in [3.05, 3.63) is 94.5 Å². The molecule has 2 aromatic heterocycles. The maximum atomic E-state index is 13.1. The highest BCUT2D eigenvalue weighted by molar-refractivity contribution is 9.10. The summed E-state index contributed by atoms with van der Waals surface area (Å²) in [4.78, 5) is 25.4. The van der Waals surface area contributed by atoms with Crippen LogP contribution in [0.3, 0.4) is 0 Å². The first kappa shape index (κ1) is 23.4. The number of rotatable bonds is 5. The first-order valence-corrected chi connectivity index (χ1v) is 10.8. The average molecular weight is 528 g/mol. The topological polar surface area (TPSA) is 79.8 Å². The Morgan fingerprint density at radius 2 is 1.79 bits per heavy atom. The highest BCUT2D eigenvalue weighted by Gasteiger charge is 2.31. The molecule has 172 valence electrons. The Balaban J connectivity index is 1.61. The SMILES string of the molecule is Cc1ccc(C(=O)Nc2cc(C(F)(F)F)ccc2Br)cc1Nc1ncccc1-c1ccncn1. The van der Waals surface area contributed by atoms with Crippen LogP contribution in [0.25, 0.3) is 11.3 Å². The standard InChI is InChI=1S/C24H17BrF3N5O/c1-14-4-5-15(23(34)33-21-12-16(24(26,27)28)6-7-18(21)25)11-20(14)32-22-17(3-2-9-30-22)19-8-10-29-13-31-19/h2-13H,1H3,(H,30,32)(H,33,34). The molecule has 10 heteroatoms. The number of carbonyl (C=O) groups is 1. The van der Waals surface area contributed by atoms with E-state index in [1.54, 1.807) is 42.7 Å². The van der Waals surface area contributed by atoms with Crippen molar-refractivity contribution in [1.29, 1.82) is 0 Å². The third kappa shape index (κ3) is 5.23. The number of benzene rings is 2. The van der Waals surface area contributed by atoms with Crippen LogP contribution in [0.5, 0.6) is 0 Å². The Bertz CT molecular complexity index is 1350. The van der Waals surface area contributed by atoms with E-state index in [-0.39, 0.29) is 11.3 Å². The number of pyridine rings is 1. The van der Waals surface area contributed by atoms with Gasteiger partial charge in [-0.05, 0) is 76.9 Å². The molecule has 2 heterocycles. The van der Waals surface area contributed by atoms with Gasteiger partial charge in [-0.1, -0.05) is 6.07 Å². The number of alkyl halides is 3. The summed E-state index contributed by atoms with van der Waals surface area (Å²) in [5.74, 6) is -0.0254. The van der Waals surface area contributed by atoms with Crippen molar-refractivity contribution in [2.24, 2.45) is 0 Å². The van der Waals surface area contributed by atoms with Crippen LogP contribution in [0.15, 0.2) is 77.8 Å². The summed E-state index contributed by atoms with van der Waals surface area (Å²) in [6.45, 7) is 1.86. The van der Waals surface area contributed by atoms with Crippen molar-refractivity contribution in [3.63, 3.8) is 0 Å². The van der Waals surface area contributed by atoms with E-state index in [2.05, 4.69) is 41.5 Å². The number of anilines is 3. The summed E-state index contributed by atoms with van der Waals surface area (Å²) >= 11 is 3.19. The van der Waals surface area contributed by atoms with Crippen molar-refractivity contribution in [3.8, 4) is 11.3 Å². The highest BCUT2D eigenvalue weighted by atomic mass is 79.9. The monoisotopic (exact) mass is 527 g/mol. The summed E-state index contributed by atoms with van der Waals surface area (Å²) in [5.41, 5.74) is 2.30. The lowest BCUT2D eigenvalue weighted by atomic mass is 10.1. The Kier molecular flexibility index (Phi) is 6.60. The van der Waals surface area contributed by atoms with Crippen LogP contribution >= 0.6 is 15.9 Å². The number of hydrogen-bond acceptors (Lipinski definition) is 5. The third-order valence-corrected chi connectivity index (χ3v) is 5.65. The van der Waals surface area contributed by atoms with E-state index in [1.807, 2.05) is 13.0 Å². The lowest BCUT2D eigenvalue weighted by molar-refractivity contribution is -0.137. The number of nitrogens with zero attached hydrogens (tertiary/aromatic N) is 3. The van der Waals surface area contributed by atoms with Gasteiger partial charge in [-0.15, -0.1) is 0 Å². The molecule has 0 radical (unpaired) electrons. The first-order chi connectivity index (χ1) is 16.2. The van der Waals surface area contributed by atoms with Crippen LogP contribution < -0.4 is 10.6 Å². The molecular formula is C24H17BrF3N5O. The summed E-state index contributed by atoms with van der Waals surface area (Å²) < 4.78 is 39.5. The van der Waals surface area contributed by atoms with Gasteiger partial charge >= 0.3 is 6.18 Å². The van der Waals surface area contributed by atoms with Crippen LogP contribution in [0.1, 0.15) is 21.5 Å². The van der Waals surface area contributed by atoms with Crippen LogP contribution in [-0.4, -0.2) is 20.9 Å². The number of halogens is 4. The fourth-order valence-corrected chi connectivity index (χ4v) is 3.52. The Morgan fingerprint density at radius 3 is 2.53 bits per heavy atom. The van der Waals surface area contributed by atoms with E-state index >= 15 is 0 Å². The number of nitrogens with one attached hydrogen (secondary N) is 2. The molecular weight excluding hydrogens is 511 g/mol. The second kappa shape index (κ2) is 9.60. The Labute approximate surface area is 201 Å². The van der Waals surface area contributed by atoms with Gasteiger partial charge in [0.1, 0.15) is 12.1 Å². The van der Waals surface area contributed by atoms with Crippen molar-refractivity contribution in [2.45, 2.75) is 13.1 Å². The van der Waals surface area contributed by atoms with Crippen LogP contribution in [0, 0.1) is 6.92 Å². The van der Waals surface area contributed by atoms with Crippen molar-refractivity contribution >= 4 is 39.0 Å². The van der Waals surface area contributed by atoms with Crippen molar-refractivity contribution < 1.29 is 18.0 Å². The van der Waals surface area contributed by atoms with E-state index in [0.29, 0.717) is 21.7 Å². The number of aromatic nitrogens is 3. The smallest absolute Gasteiger partial charge is 0.339 e. The molecule has 34 heavy (non-hydrogen) atoms. The van der Waals surface area contributed by atoms with E-state index in [4.69, 9.17) is 0 Å². The van der Waals surface area contributed by atoms with Crippen LogP contribution in [0.2, 0.25) is 0 Å². The van der Waals surface area contributed by atoms with Gasteiger partial charge < -0.3 is 10.6 Å². The molecule has 0 fully saturated rings. The average Bonchev–Trinajstić information content (AvgIpc) is 2.82. The zero-order valence-corrected chi connectivity index (χ0v) is 19.3. The van der Waals surface area contributed by atoms with Gasteiger partial charge in [-0.25, -0.2) is 15.0 Å². The number of carbonyl (C=O) groups excluding carboxylic acids is 1. The van der Waals surface area contributed by atoms with Crippen molar-refractivity contribution in [2.75, 3.05) is 10.6 Å². The van der Waals surface area contributed by atoms with Gasteiger partial charge in [0.2, 0.25) is 0 Å². The maximum absolute atomic E-state index is 13.1. The van der Waals surface area contributed by atoms with Gasteiger partial charge in [0.05, 0.1) is 16.9 Å². The third-order valence-electron chi connectivity index (χ3n) is 4.96. The molecule has 0 saturated carbocycles. The van der Waals surface area contributed by atoms with Gasteiger partial charge in [0, 0.05) is 33.7 Å². The molecule has 1 amide bonds. The molecule has 0 aliphatic rings. The Hall–Kier alpha value is -3.79. The fourth-order valence-electron chi connectivity index (χ4n) is 3.18. The zero-order chi connectivity index (χ0) is 24.3. The molecule has 0 aliphatic heterocycles. The van der Waals surface area contributed by atoms with Gasteiger partial charge in [-0.2, -0.15) is 13.2 Å². The molecule has 0 saturated heterocycles. The molecule has 2 aromatic carbocycles. The lowest BCUT2D eigenvalue weighted by Gasteiger charge is -2.15. The zero-order valence-electron chi connectivity index (χ0n) is 17.7. The molecule has 0 unspecified atom stereocenters. The summed E-state index contributed by atoms with van der Waals surface area (Å²) in [6.07, 6.45) is 0.171. The molecule has 6 nitrogen and oxygen atoms in total. The summed E-state index contributed by atoms with van der Waals surface area (Å²) in [5, 5.41) is 5.77. The van der Waals surface area contributed by atoms with E-state index in [1.165, 1.54) is 12.4 Å². The Morgan fingerprint density at radius 1 is 0.971 bits per heavy atom. The largest absolute Gasteiger partial charge is 0.416 e. The molecule has 0 bridgehead atoms. The second-order valence-electron chi connectivity index (χ2n) is 7.30. The number of aryl methyl sites for hydroxylation is 1. The van der Waals surface area contributed by atoms with Crippen molar-refractivity contribution in [1.82, 2.24) is 15.0 Å². The van der Waals surface area contributed by atoms with E-state index in [9.17, 15) is 18.0 Å². The maximum Gasteiger partial charge on any atom is 0.416 e. The lowest BCUT2D eigenvalue weighted by Crippen LogP contribution is -2.14. The molecule has 0 spiro atoms. The molecule has 0 aliphatic carbocycles. The molecule has 2 N–H and O–H groups in total. The normalized spacial score (nSPS) is 11.2. The first-order valence-electron chi connectivity index (χ1n) is 9.99. The molecule has 4 aromatic rings.